The van der Waals surface area contributed by atoms with Gasteiger partial charge in [0.25, 0.3) is 0 Å². The summed E-state index contributed by atoms with van der Waals surface area (Å²) in [4.78, 5) is 1.36. The van der Waals surface area contributed by atoms with E-state index in [1.54, 1.807) is 11.3 Å². The summed E-state index contributed by atoms with van der Waals surface area (Å²) in [6.07, 6.45) is 4.04. The zero-order valence-corrected chi connectivity index (χ0v) is 8.53. The molecule has 1 saturated carbocycles. The molecule has 1 aromatic rings. The van der Waals surface area contributed by atoms with Crippen molar-refractivity contribution in [3.63, 3.8) is 0 Å². The smallest absolute Gasteiger partial charge is 0.0418 e. The maximum Gasteiger partial charge on any atom is 0.0418 e. The highest BCUT2D eigenvalue weighted by atomic mass is 35.5. The van der Waals surface area contributed by atoms with Gasteiger partial charge in [-0.3, -0.25) is 0 Å². The Labute approximate surface area is 83.4 Å². The lowest BCUT2D eigenvalue weighted by atomic mass is 9.79. The fourth-order valence-corrected chi connectivity index (χ4v) is 2.33. The number of hydrogen-bond donors (Lipinski definition) is 1. The summed E-state index contributed by atoms with van der Waals surface area (Å²) in [7, 11) is 0. The third kappa shape index (κ3) is 1.82. The van der Waals surface area contributed by atoms with Gasteiger partial charge in [-0.1, -0.05) is 12.5 Å². The van der Waals surface area contributed by atoms with Crippen LogP contribution in [-0.4, -0.2) is 0 Å². The lowest BCUT2D eigenvalue weighted by Crippen LogP contribution is -2.25. The van der Waals surface area contributed by atoms with Crippen LogP contribution in [0.5, 0.6) is 0 Å². The van der Waals surface area contributed by atoms with E-state index in [4.69, 9.17) is 5.73 Å². The van der Waals surface area contributed by atoms with Crippen LogP contribution in [0, 0.1) is 5.92 Å². The molecular weight excluding hydrogens is 190 g/mol. The van der Waals surface area contributed by atoms with E-state index in [9.17, 15) is 0 Å². The molecule has 1 heterocycles. The van der Waals surface area contributed by atoms with Gasteiger partial charge in [-0.25, -0.2) is 0 Å². The van der Waals surface area contributed by atoms with E-state index in [0.29, 0.717) is 6.04 Å². The molecule has 1 atom stereocenters. The van der Waals surface area contributed by atoms with Gasteiger partial charge in [0.05, 0.1) is 0 Å². The van der Waals surface area contributed by atoms with E-state index >= 15 is 0 Å². The molecule has 1 fully saturated rings. The first-order valence-corrected chi connectivity index (χ1v) is 5.05. The van der Waals surface area contributed by atoms with Crippen LogP contribution in [0.1, 0.15) is 30.2 Å². The van der Waals surface area contributed by atoms with Crippen molar-refractivity contribution in [1.82, 2.24) is 0 Å². The molecule has 0 spiro atoms. The maximum absolute atomic E-state index is 6.06. The van der Waals surface area contributed by atoms with Gasteiger partial charge in [0.15, 0.2) is 0 Å². The van der Waals surface area contributed by atoms with Crippen LogP contribution in [0.15, 0.2) is 17.5 Å². The molecule has 0 amide bonds. The second-order valence-corrected chi connectivity index (χ2v) is 4.21. The number of nitrogens with two attached hydrogens (primary N) is 1. The molecule has 68 valence electrons. The maximum atomic E-state index is 6.06. The minimum Gasteiger partial charge on any atom is -0.323 e. The molecule has 0 bridgehead atoms. The van der Waals surface area contributed by atoms with Crippen molar-refractivity contribution in [2.24, 2.45) is 11.7 Å². The fourth-order valence-electron chi connectivity index (χ4n) is 1.51. The Morgan fingerprint density at radius 1 is 1.50 bits per heavy atom. The van der Waals surface area contributed by atoms with Gasteiger partial charge in [0.2, 0.25) is 0 Å². The van der Waals surface area contributed by atoms with Crippen molar-refractivity contribution in [1.29, 1.82) is 0 Å². The van der Waals surface area contributed by atoms with E-state index in [-0.39, 0.29) is 12.4 Å². The van der Waals surface area contributed by atoms with Gasteiger partial charge in [0, 0.05) is 10.9 Å². The highest BCUT2D eigenvalue weighted by molar-refractivity contribution is 7.10. The number of halogens is 1. The molecule has 1 aromatic heterocycles. The van der Waals surface area contributed by atoms with Gasteiger partial charge in [-0.2, -0.15) is 0 Å². The first kappa shape index (κ1) is 10.0. The highest BCUT2D eigenvalue weighted by Crippen LogP contribution is 2.37. The monoisotopic (exact) mass is 203 g/mol. The highest BCUT2D eigenvalue weighted by Gasteiger charge is 2.25. The molecule has 0 radical (unpaired) electrons. The van der Waals surface area contributed by atoms with Crippen LogP contribution in [0.25, 0.3) is 0 Å². The normalized spacial score (nSPS) is 19.4. The summed E-state index contributed by atoms with van der Waals surface area (Å²) < 4.78 is 0. The van der Waals surface area contributed by atoms with Crippen LogP contribution in [0.4, 0.5) is 0 Å². The zero-order chi connectivity index (χ0) is 7.68. The molecule has 1 nitrogen and oxygen atoms in total. The molecule has 12 heavy (non-hydrogen) atoms. The van der Waals surface area contributed by atoms with Crippen molar-refractivity contribution < 1.29 is 0 Å². The number of thiophene rings is 1. The van der Waals surface area contributed by atoms with Crippen LogP contribution >= 0.6 is 23.7 Å². The predicted octanol–water partition coefficient (Wildman–Crippen LogP) is 2.97. The first-order chi connectivity index (χ1) is 5.38. The topological polar surface area (TPSA) is 26.0 Å². The van der Waals surface area contributed by atoms with Gasteiger partial charge in [-0.15, -0.1) is 23.7 Å². The SMILES string of the molecule is Cl.NC(c1cccs1)C1CCC1. The zero-order valence-electron chi connectivity index (χ0n) is 6.90. The Balaban J connectivity index is 0.000000720. The summed E-state index contributed by atoms with van der Waals surface area (Å²) in [5, 5.41) is 2.11. The molecule has 1 aliphatic rings. The second-order valence-electron chi connectivity index (χ2n) is 3.23. The Morgan fingerprint density at radius 2 is 2.25 bits per heavy atom. The number of rotatable bonds is 2. The molecule has 2 N–H and O–H groups in total. The van der Waals surface area contributed by atoms with Crippen molar-refractivity contribution in [2.45, 2.75) is 25.3 Å². The standard InChI is InChI=1S/C9H13NS.ClH/c10-9(7-3-1-4-7)8-5-2-6-11-8;/h2,5-7,9H,1,3-4,10H2;1H. The molecule has 0 saturated heterocycles. The summed E-state index contributed by atoms with van der Waals surface area (Å²) in [5.41, 5.74) is 6.06. The van der Waals surface area contributed by atoms with E-state index in [2.05, 4.69) is 17.5 Å². The average molecular weight is 204 g/mol. The number of hydrogen-bond acceptors (Lipinski definition) is 2. The fraction of sp³-hybridized carbons (Fsp3) is 0.556. The third-order valence-electron chi connectivity index (χ3n) is 2.53. The first-order valence-electron chi connectivity index (χ1n) is 4.17. The molecule has 2 rings (SSSR count). The van der Waals surface area contributed by atoms with Gasteiger partial charge in [0.1, 0.15) is 0 Å². The Kier molecular flexibility index (Phi) is 3.56. The summed E-state index contributed by atoms with van der Waals surface area (Å²) >= 11 is 1.78. The minimum atomic E-state index is 0. The predicted molar refractivity (Wildman–Crippen MR) is 55.8 cm³/mol. The van der Waals surface area contributed by atoms with Gasteiger partial charge >= 0.3 is 0 Å². The Hall–Kier alpha value is -0.0500. The third-order valence-corrected chi connectivity index (χ3v) is 3.50. The largest absolute Gasteiger partial charge is 0.323 e. The molecular formula is C9H14ClNS. The minimum absolute atomic E-state index is 0. The van der Waals surface area contributed by atoms with Crippen LogP contribution < -0.4 is 5.73 Å². The van der Waals surface area contributed by atoms with Crippen molar-refractivity contribution in [3.05, 3.63) is 22.4 Å². The van der Waals surface area contributed by atoms with Crippen molar-refractivity contribution in [3.8, 4) is 0 Å². The van der Waals surface area contributed by atoms with Crippen LogP contribution in [-0.2, 0) is 0 Å². The van der Waals surface area contributed by atoms with Gasteiger partial charge < -0.3 is 5.73 Å². The van der Waals surface area contributed by atoms with Gasteiger partial charge in [-0.05, 0) is 30.2 Å². The quantitative estimate of drug-likeness (QED) is 0.786. The van der Waals surface area contributed by atoms with Crippen LogP contribution in [0.3, 0.4) is 0 Å². The van der Waals surface area contributed by atoms with Crippen molar-refractivity contribution >= 4 is 23.7 Å². The molecule has 1 aliphatic carbocycles. The lowest BCUT2D eigenvalue weighted by molar-refractivity contribution is 0.267. The van der Waals surface area contributed by atoms with Crippen LogP contribution in [0.2, 0.25) is 0 Å². The van der Waals surface area contributed by atoms with Crippen molar-refractivity contribution in [2.75, 3.05) is 0 Å². The van der Waals surface area contributed by atoms with E-state index in [1.807, 2.05) is 0 Å². The molecule has 0 aliphatic heterocycles. The molecule has 1 unspecified atom stereocenters. The summed E-state index contributed by atoms with van der Waals surface area (Å²) in [6.45, 7) is 0. The summed E-state index contributed by atoms with van der Waals surface area (Å²) in [5.74, 6) is 0.772. The van der Waals surface area contributed by atoms with E-state index < -0.39 is 0 Å². The Morgan fingerprint density at radius 3 is 2.67 bits per heavy atom. The average Bonchev–Trinajstić information content (AvgIpc) is 2.32. The molecule has 3 heteroatoms. The molecule has 0 aromatic carbocycles. The van der Waals surface area contributed by atoms with E-state index in [1.165, 1.54) is 24.1 Å². The Bertz CT molecular complexity index is 218. The second kappa shape index (κ2) is 4.26. The summed E-state index contributed by atoms with van der Waals surface area (Å²) in [6, 6.07) is 4.55. The lowest BCUT2D eigenvalue weighted by Gasteiger charge is -2.30. The van der Waals surface area contributed by atoms with E-state index in [0.717, 1.165) is 5.92 Å².